The summed E-state index contributed by atoms with van der Waals surface area (Å²) in [6.07, 6.45) is 6.74. The van der Waals surface area contributed by atoms with Crippen molar-refractivity contribution in [3.8, 4) is 17.1 Å². The van der Waals surface area contributed by atoms with E-state index in [1.54, 1.807) is 7.11 Å². The Labute approximate surface area is 153 Å². The summed E-state index contributed by atoms with van der Waals surface area (Å²) in [7, 11) is 1.68. The van der Waals surface area contributed by atoms with Crippen molar-refractivity contribution in [2.75, 3.05) is 20.3 Å². The van der Waals surface area contributed by atoms with Gasteiger partial charge in [-0.2, -0.15) is 5.10 Å². The van der Waals surface area contributed by atoms with E-state index in [2.05, 4.69) is 4.68 Å². The van der Waals surface area contributed by atoms with Gasteiger partial charge in [-0.25, -0.2) is 9.67 Å². The van der Waals surface area contributed by atoms with E-state index in [0.29, 0.717) is 24.8 Å². The second-order valence-corrected chi connectivity index (χ2v) is 6.61. The second-order valence-electron chi connectivity index (χ2n) is 6.61. The summed E-state index contributed by atoms with van der Waals surface area (Å²) in [5.74, 6) is 1.80. The van der Waals surface area contributed by atoms with Crippen LogP contribution < -0.4 is 10.5 Å². The standard InChI is InChI=1S/C19H26N4O3/c1-25-12-11-18-21-19(23(22-18)15-5-3-2-4-6-15)14-7-9-16(10-8-14)26-13-17(20)24/h7-10,15H,2-6,11-13H2,1H3,(H2,20,24). The first-order valence-electron chi connectivity index (χ1n) is 9.13. The van der Waals surface area contributed by atoms with E-state index < -0.39 is 5.91 Å². The molecule has 7 nitrogen and oxygen atoms in total. The summed E-state index contributed by atoms with van der Waals surface area (Å²) in [6, 6.07) is 7.94. The van der Waals surface area contributed by atoms with Crippen LogP contribution in [-0.4, -0.2) is 41.0 Å². The molecular weight excluding hydrogens is 332 g/mol. The van der Waals surface area contributed by atoms with Crippen molar-refractivity contribution in [2.24, 2.45) is 5.73 Å². The summed E-state index contributed by atoms with van der Waals surface area (Å²) >= 11 is 0. The molecule has 0 radical (unpaired) electrons. The van der Waals surface area contributed by atoms with Gasteiger partial charge in [0.05, 0.1) is 12.6 Å². The maximum atomic E-state index is 10.8. The molecule has 1 aliphatic rings. The van der Waals surface area contributed by atoms with Gasteiger partial charge in [-0.1, -0.05) is 19.3 Å². The fourth-order valence-corrected chi connectivity index (χ4v) is 3.30. The monoisotopic (exact) mass is 358 g/mol. The van der Waals surface area contributed by atoms with Gasteiger partial charge in [0.1, 0.15) is 5.75 Å². The molecule has 1 fully saturated rings. The second kappa shape index (κ2) is 8.80. The Hall–Kier alpha value is -2.41. The number of carbonyl (C=O) groups is 1. The first-order chi connectivity index (χ1) is 12.7. The van der Waals surface area contributed by atoms with Crippen molar-refractivity contribution >= 4 is 5.91 Å². The van der Waals surface area contributed by atoms with E-state index in [4.69, 9.17) is 25.3 Å². The van der Waals surface area contributed by atoms with Crippen LogP contribution in [0.3, 0.4) is 0 Å². The van der Waals surface area contributed by atoms with Crippen LogP contribution >= 0.6 is 0 Å². The van der Waals surface area contributed by atoms with Gasteiger partial charge in [0.2, 0.25) is 0 Å². The molecule has 1 amide bonds. The molecule has 1 aromatic heterocycles. The number of amides is 1. The Bertz CT molecular complexity index is 721. The lowest BCUT2D eigenvalue weighted by Crippen LogP contribution is -2.20. The molecule has 1 heterocycles. The van der Waals surface area contributed by atoms with Crippen LogP contribution in [0.1, 0.15) is 44.0 Å². The number of aromatic nitrogens is 3. The third-order valence-corrected chi connectivity index (χ3v) is 4.62. The molecule has 0 spiro atoms. The topological polar surface area (TPSA) is 92.3 Å². The number of nitrogens with zero attached hydrogens (tertiary/aromatic N) is 3. The normalized spacial score (nSPS) is 15.1. The van der Waals surface area contributed by atoms with Gasteiger partial charge in [0, 0.05) is 19.1 Å². The maximum absolute atomic E-state index is 10.8. The summed E-state index contributed by atoms with van der Waals surface area (Å²) in [6.45, 7) is 0.479. The van der Waals surface area contributed by atoms with Crippen molar-refractivity contribution < 1.29 is 14.3 Å². The molecule has 1 aliphatic carbocycles. The highest BCUT2D eigenvalue weighted by atomic mass is 16.5. The fraction of sp³-hybridized carbons (Fsp3) is 0.526. The number of carbonyl (C=O) groups excluding carboxylic acids is 1. The van der Waals surface area contributed by atoms with Crippen LogP contribution in [0.25, 0.3) is 11.4 Å². The minimum Gasteiger partial charge on any atom is -0.484 e. The Morgan fingerprint density at radius 2 is 1.96 bits per heavy atom. The molecule has 26 heavy (non-hydrogen) atoms. The van der Waals surface area contributed by atoms with Gasteiger partial charge in [0.15, 0.2) is 18.3 Å². The van der Waals surface area contributed by atoms with Crippen LogP contribution in [-0.2, 0) is 16.0 Å². The lowest BCUT2D eigenvalue weighted by atomic mass is 9.95. The van der Waals surface area contributed by atoms with E-state index in [-0.39, 0.29) is 6.61 Å². The largest absolute Gasteiger partial charge is 0.484 e. The van der Waals surface area contributed by atoms with Gasteiger partial charge in [-0.15, -0.1) is 0 Å². The Morgan fingerprint density at radius 3 is 2.62 bits per heavy atom. The highest BCUT2D eigenvalue weighted by Gasteiger charge is 2.22. The lowest BCUT2D eigenvalue weighted by molar-refractivity contribution is -0.119. The molecule has 2 aromatic rings. The van der Waals surface area contributed by atoms with Crippen molar-refractivity contribution in [1.29, 1.82) is 0 Å². The fourth-order valence-electron chi connectivity index (χ4n) is 3.30. The third kappa shape index (κ3) is 4.60. The quantitative estimate of drug-likeness (QED) is 0.783. The first-order valence-corrected chi connectivity index (χ1v) is 9.13. The first kappa shape index (κ1) is 18.4. The van der Waals surface area contributed by atoms with Crippen LogP contribution in [0, 0.1) is 0 Å². The average Bonchev–Trinajstić information content (AvgIpc) is 3.10. The summed E-state index contributed by atoms with van der Waals surface area (Å²) in [4.78, 5) is 15.6. The summed E-state index contributed by atoms with van der Waals surface area (Å²) in [5.41, 5.74) is 6.10. The highest BCUT2D eigenvalue weighted by molar-refractivity contribution is 5.75. The summed E-state index contributed by atoms with van der Waals surface area (Å²) < 4.78 is 12.6. The molecule has 140 valence electrons. The van der Waals surface area contributed by atoms with Gasteiger partial charge in [-0.3, -0.25) is 4.79 Å². The number of methoxy groups -OCH3 is 1. The van der Waals surface area contributed by atoms with E-state index in [1.807, 2.05) is 24.3 Å². The molecule has 0 bridgehead atoms. The zero-order valence-corrected chi connectivity index (χ0v) is 15.2. The number of hydrogen-bond donors (Lipinski definition) is 1. The Morgan fingerprint density at radius 1 is 1.23 bits per heavy atom. The SMILES string of the molecule is COCCc1nc(-c2ccc(OCC(N)=O)cc2)n(C2CCCCC2)n1. The van der Waals surface area contributed by atoms with Crippen LogP contribution in [0.15, 0.2) is 24.3 Å². The molecule has 0 saturated heterocycles. The van der Waals surface area contributed by atoms with Crippen molar-refractivity contribution in [3.05, 3.63) is 30.1 Å². The van der Waals surface area contributed by atoms with Crippen LogP contribution in [0.2, 0.25) is 0 Å². The molecule has 0 aliphatic heterocycles. The molecule has 1 aromatic carbocycles. The highest BCUT2D eigenvalue weighted by Crippen LogP contribution is 2.32. The molecular formula is C19H26N4O3. The van der Waals surface area contributed by atoms with E-state index in [0.717, 1.165) is 30.1 Å². The molecule has 1 saturated carbocycles. The average molecular weight is 358 g/mol. The number of benzene rings is 1. The predicted molar refractivity (Wildman–Crippen MR) is 97.8 cm³/mol. The number of hydrogen-bond acceptors (Lipinski definition) is 5. The van der Waals surface area contributed by atoms with E-state index in [1.165, 1.54) is 19.3 Å². The van der Waals surface area contributed by atoms with Gasteiger partial charge >= 0.3 is 0 Å². The number of nitrogens with two attached hydrogens (primary N) is 1. The lowest BCUT2D eigenvalue weighted by Gasteiger charge is -2.23. The Kier molecular flexibility index (Phi) is 6.22. The molecule has 2 N–H and O–H groups in total. The Balaban J connectivity index is 1.84. The van der Waals surface area contributed by atoms with Crippen LogP contribution in [0.4, 0.5) is 0 Å². The van der Waals surface area contributed by atoms with Gasteiger partial charge in [0.25, 0.3) is 5.91 Å². The molecule has 7 heteroatoms. The van der Waals surface area contributed by atoms with E-state index in [9.17, 15) is 4.79 Å². The van der Waals surface area contributed by atoms with Crippen molar-refractivity contribution in [3.63, 3.8) is 0 Å². The number of rotatable bonds is 8. The summed E-state index contributed by atoms with van der Waals surface area (Å²) in [5, 5.41) is 4.76. The zero-order chi connectivity index (χ0) is 18.4. The molecule has 0 unspecified atom stereocenters. The van der Waals surface area contributed by atoms with Crippen LogP contribution in [0.5, 0.6) is 5.75 Å². The molecule has 3 rings (SSSR count). The minimum absolute atomic E-state index is 0.126. The van der Waals surface area contributed by atoms with Crippen molar-refractivity contribution in [2.45, 2.75) is 44.6 Å². The smallest absolute Gasteiger partial charge is 0.255 e. The molecule has 0 atom stereocenters. The van der Waals surface area contributed by atoms with E-state index >= 15 is 0 Å². The van der Waals surface area contributed by atoms with Gasteiger partial charge in [-0.05, 0) is 37.1 Å². The third-order valence-electron chi connectivity index (χ3n) is 4.62. The van der Waals surface area contributed by atoms with Crippen molar-refractivity contribution in [1.82, 2.24) is 14.8 Å². The number of ether oxygens (including phenoxy) is 2. The predicted octanol–water partition coefficient (Wildman–Crippen LogP) is 2.50. The maximum Gasteiger partial charge on any atom is 0.255 e. The number of primary amides is 1. The zero-order valence-electron chi connectivity index (χ0n) is 15.2. The minimum atomic E-state index is -0.492. The van der Waals surface area contributed by atoms with Gasteiger partial charge < -0.3 is 15.2 Å².